The van der Waals surface area contributed by atoms with Crippen molar-refractivity contribution in [3.63, 3.8) is 0 Å². The van der Waals surface area contributed by atoms with Crippen molar-refractivity contribution in [1.82, 2.24) is 4.90 Å². The number of cyclic esters (lactones) is 1. The van der Waals surface area contributed by atoms with E-state index in [1.165, 1.54) is 0 Å². The van der Waals surface area contributed by atoms with Crippen molar-refractivity contribution >= 4 is 11.9 Å². The zero-order valence-electron chi connectivity index (χ0n) is 12.5. The summed E-state index contributed by atoms with van der Waals surface area (Å²) in [6.45, 7) is 4.51. The zero-order valence-corrected chi connectivity index (χ0v) is 12.5. The first-order valence-electron chi connectivity index (χ1n) is 7.87. The molecule has 21 heavy (non-hydrogen) atoms. The molecule has 2 saturated heterocycles. The summed E-state index contributed by atoms with van der Waals surface area (Å²) in [5.74, 6) is 0.394. The normalized spacial score (nSPS) is 44.6. The fourth-order valence-corrected chi connectivity index (χ4v) is 4.68. The Balaban J connectivity index is 1.85. The molecule has 1 saturated carbocycles. The van der Waals surface area contributed by atoms with Gasteiger partial charge in [0.05, 0.1) is 12.1 Å². The van der Waals surface area contributed by atoms with Crippen LogP contribution in [0.4, 0.5) is 4.79 Å². The minimum absolute atomic E-state index is 0.0504. The SMILES string of the molecule is CC(C)[C@H]1COC(=O)N1[C@]12CCC[C@@]13C=C[C@@H](CC2=O)O3. The van der Waals surface area contributed by atoms with Crippen LogP contribution in [0.25, 0.3) is 0 Å². The average molecular weight is 291 g/mol. The lowest BCUT2D eigenvalue weighted by Gasteiger charge is -2.51. The third kappa shape index (κ3) is 1.45. The minimum atomic E-state index is -0.848. The largest absolute Gasteiger partial charge is 0.447 e. The Morgan fingerprint density at radius 3 is 2.90 bits per heavy atom. The molecule has 3 fully saturated rings. The van der Waals surface area contributed by atoms with E-state index in [2.05, 4.69) is 13.8 Å². The van der Waals surface area contributed by atoms with Gasteiger partial charge < -0.3 is 9.47 Å². The molecule has 0 aromatic rings. The standard InChI is InChI=1S/C16H21NO4/c1-10(2)12-9-20-14(19)17(12)16-6-3-5-15(16)7-4-11(21-15)8-13(16)18/h4,7,10-12H,3,5-6,8-9H2,1-2H3/t11-,12+,15+,16-/m0/s1. The molecule has 0 aromatic heterocycles. The fourth-order valence-electron chi connectivity index (χ4n) is 4.68. The summed E-state index contributed by atoms with van der Waals surface area (Å²) < 4.78 is 11.5. The van der Waals surface area contributed by atoms with E-state index in [-0.39, 0.29) is 29.9 Å². The molecule has 0 aromatic carbocycles. The predicted octanol–water partition coefficient (Wildman–Crippen LogP) is 2.05. The van der Waals surface area contributed by atoms with Crippen molar-refractivity contribution in [3.05, 3.63) is 12.2 Å². The first-order chi connectivity index (χ1) is 10.0. The summed E-state index contributed by atoms with van der Waals surface area (Å²) in [5.41, 5.74) is -1.47. The first kappa shape index (κ1) is 13.3. The van der Waals surface area contributed by atoms with Gasteiger partial charge in [-0.2, -0.15) is 0 Å². The summed E-state index contributed by atoms with van der Waals surface area (Å²) in [7, 11) is 0. The predicted molar refractivity (Wildman–Crippen MR) is 74.8 cm³/mol. The number of nitrogens with zero attached hydrogens (tertiary/aromatic N) is 1. The summed E-state index contributed by atoms with van der Waals surface area (Å²) in [4.78, 5) is 27.1. The second-order valence-electron chi connectivity index (χ2n) is 7.00. The molecule has 3 aliphatic heterocycles. The van der Waals surface area contributed by atoms with Gasteiger partial charge in [0.15, 0.2) is 5.78 Å². The van der Waals surface area contributed by atoms with Crippen LogP contribution < -0.4 is 0 Å². The summed E-state index contributed by atoms with van der Waals surface area (Å²) in [6.07, 6.45) is 6.33. The smallest absolute Gasteiger partial charge is 0.411 e. The summed E-state index contributed by atoms with van der Waals surface area (Å²) >= 11 is 0. The Labute approximate surface area is 124 Å². The van der Waals surface area contributed by atoms with Crippen molar-refractivity contribution in [3.8, 4) is 0 Å². The number of carbonyl (C=O) groups excluding carboxylic acids is 2. The van der Waals surface area contributed by atoms with Gasteiger partial charge in [-0.15, -0.1) is 0 Å². The van der Waals surface area contributed by atoms with Crippen LogP contribution in [-0.2, 0) is 14.3 Å². The van der Waals surface area contributed by atoms with Crippen LogP contribution in [-0.4, -0.2) is 46.7 Å². The Morgan fingerprint density at radius 2 is 2.14 bits per heavy atom. The van der Waals surface area contributed by atoms with E-state index < -0.39 is 11.1 Å². The van der Waals surface area contributed by atoms with Crippen molar-refractivity contribution in [2.75, 3.05) is 6.61 Å². The van der Waals surface area contributed by atoms with Gasteiger partial charge in [0, 0.05) is 6.42 Å². The second kappa shape index (κ2) is 4.09. The first-order valence-corrected chi connectivity index (χ1v) is 7.87. The highest BCUT2D eigenvalue weighted by atomic mass is 16.6. The number of amides is 1. The molecule has 3 heterocycles. The van der Waals surface area contributed by atoms with E-state index in [1.54, 1.807) is 4.90 Å². The van der Waals surface area contributed by atoms with Gasteiger partial charge in [0.1, 0.15) is 17.7 Å². The lowest BCUT2D eigenvalue weighted by atomic mass is 9.74. The zero-order chi connectivity index (χ0) is 14.8. The molecule has 4 rings (SSSR count). The number of ketones is 1. The molecule has 0 unspecified atom stereocenters. The topological polar surface area (TPSA) is 55.8 Å². The van der Waals surface area contributed by atoms with E-state index in [0.29, 0.717) is 19.4 Å². The fraction of sp³-hybridized carbons (Fsp3) is 0.750. The lowest BCUT2D eigenvalue weighted by Crippen LogP contribution is -2.70. The molecule has 0 N–H and O–H groups in total. The van der Waals surface area contributed by atoms with E-state index in [4.69, 9.17) is 9.47 Å². The van der Waals surface area contributed by atoms with Crippen molar-refractivity contribution in [2.45, 2.75) is 62.8 Å². The van der Waals surface area contributed by atoms with Gasteiger partial charge in [0.2, 0.25) is 0 Å². The highest BCUT2D eigenvalue weighted by Gasteiger charge is 2.70. The molecular formula is C16H21NO4. The van der Waals surface area contributed by atoms with E-state index in [9.17, 15) is 9.59 Å². The van der Waals surface area contributed by atoms with Gasteiger partial charge in [-0.1, -0.05) is 26.0 Å². The monoisotopic (exact) mass is 291 g/mol. The highest BCUT2D eigenvalue weighted by molar-refractivity contribution is 5.96. The van der Waals surface area contributed by atoms with Gasteiger partial charge in [-0.25, -0.2) is 4.79 Å². The quantitative estimate of drug-likeness (QED) is 0.731. The summed E-state index contributed by atoms with van der Waals surface area (Å²) in [6, 6.07) is -0.0504. The van der Waals surface area contributed by atoms with E-state index >= 15 is 0 Å². The Hall–Kier alpha value is -1.36. The average Bonchev–Trinajstić information content (AvgIpc) is 3.08. The number of Topliss-reactive ketones (excluding diaryl/α,β-unsaturated/α-hetero) is 1. The molecular weight excluding hydrogens is 270 g/mol. The molecule has 1 spiro atoms. The third-order valence-electron chi connectivity index (χ3n) is 5.66. The highest BCUT2D eigenvalue weighted by Crippen LogP contribution is 2.56. The maximum Gasteiger partial charge on any atom is 0.411 e. The lowest BCUT2D eigenvalue weighted by molar-refractivity contribution is -0.169. The van der Waals surface area contributed by atoms with Crippen LogP contribution in [0.5, 0.6) is 0 Å². The maximum absolute atomic E-state index is 13.0. The number of ether oxygens (including phenoxy) is 2. The van der Waals surface area contributed by atoms with Gasteiger partial charge >= 0.3 is 6.09 Å². The van der Waals surface area contributed by atoms with Gasteiger partial charge in [-0.3, -0.25) is 9.69 Å². The summed E-state index contributed by atoms with van der Waals surface area (Å²) in [5, 5.41) is 0. The van der Waals surface area contributed by atoms with Crippen molar-refractivity contribution in [1.29, 1.82) is 0 Å². The molecule has 114 valence electrons. The number of hydrogen-bond acceptors (Lipinski definition) is 4. The molecule has 1 amide bonds. The maximum atomic E-state index is 13.0. The molecule has 2 bridgehead atoms. The molecule has 5 nitrogen and oxygen atoms in total. The second-order valence-corrected chi connectivity index (χ2v) is 7.00. The van der Waals surface area contributed by atoms with Crippen LogP contribution in [0.3, 0.4) is 0 Å². The van der Waals surface area contributed by atoms with Crippen LogP contribution in [0.2, 0.25) is 0 Å². The van der Waals surface area contributed by atoms with Crippen LogP contribution in [0.15, 0.2) is 12.2 Å². The Morgan fingerprint density at radius 1 is 1.33 bits per heavy atom. The molecule has 4 aliphatic rings. The number of hydrogen-bond donors (Lipinski definition) is 0. The number of fused-ring (bicyclic) bond motifs is 1. The van der Waals surface area contributed by atoms with Crippen LogP contribution in [0, 0.1) is 5.92 Å². The number of rotatable bonds is 2. The van der Waals surface area contributed by atoms with E-state index in [1.807, 2.05) is 12.2 Å². The van der Waals surface area contributed by atoms with Crippen molar-refractivity contribution < 1.29 is 19.1 Å². The Kier molecular flexibility index (Phi) is 2.60. The number of carbonyl (C=O) groups is 2. The molecule has 4 atom stereocenters. The van der Waals surface area contributed by atoms with Crippen LogP contribution in [0.1, 0.15) is 39.5 Å². The van der Waals surface area contributed by atoms with Gasteiger partial charge in [0.25, 0.3) is 0 Å². The molecule has 5 heteroatoms. The van der Waals surface area contributed by atoms with Crippen molar-refractivity contribution in [2.24, 2.45) is 5.92 Å². The van der Waals surface area contributed by atoms with Gasteiger partial charge in [-0.05, 0) is 25.2 Å². The minimum Gasteiger partial charge on any atom is -0.447 e. The van der Waals surface area contributed by atoms with Crippen LogP contribution >= 0.6 is 0 Å². The Bertz CT molecular complexity index is 542. The third-order valence-corrected chi connectivity index (χ3v) is 5.66. The van der Waals surface area contributed by atoms with E-state index in [0.717, 1.165) is 12.8 Å². The molecule has 0 radical (unpaired) electrons. The molecule has 1 aliphatic carbocycles.